The van der Waals surface area contributed by atoms with E-state index in [2.05, 4.69) is 77.0 Å². The number of dihydropyridines is 1. The van der Waals surface area contributed by atoms with E-state index in [0.29, 0.717) is 36.9 Å². The van der Waals surface area contributed by atoms with Crippen molar-refractivity contribution in [2.45, 2.75) is 65.2 Å². The van der Waals surface area contributed by atoms with E-state index in [-0.39, 0.29) is 29.9 Å². The van der Waals surface area contributed by atoms with Gasteiger partial charge in [-0.2, -0.15) is 5.10 Å². The van der Waals surface area contributed by atoms with E-state index >= 15 is 0 Å². The van der Waals surface area contributed by atoms with Crippen molar-refractivity contribution in [1.82, 2.24) is 31.0 Å². The lowest BCUT2D eigenvalue weighted by atomic mass is 9.91. The maximum absolute atomic E-state index is 13.6. The number of H-pyrrole nitrogens is 1. The topological polar surface area (TPSA) is 102 Å². The number of amides is 2. The second kappa shape index (κ2) is 12.7. The van der Waals surface area contributed by atoms with Crippen LogP contribution in [0.25, 0.3) is 16.5 Å². The first-order valence-electron chi connectivity index (χ1n) is 14.8. The molecule has 0 saturated carbocycles. The highest BCUT2D eigenvalue weighted by atomic mass is 16.2. The van der Waals surface area contributed by atoms with E-state index < -0.39 is 0 Å². The largest absolute Gasteiger partial charge is 0.387 e. The Hall–Kier alpha value is -3.91. The van der Waals surface area contributed by atoms with Crippen LogP contribution in [0.1, 0.15) is 62.2 Å². The van der Waals surface area contributed by atoms with Crippen LogP contribution < -0.4 is 16.0 Å². The summed E-state index contributed by atoms with van der Waals surface area (Å²) in [6, 6.07) is 15.7. The van der Waals surface area contributed by atoms with Crippen molar-refractivity contribution in [3.8, 4) is 0 Å². The van der Waals surface area contributed by atoms with Gasteiger partial charge in [0.05, 0.1) is 17.3 Å². The Bertz CT molecular complexity index is 1420. The number of hydrogen-bond donors (Lipinski definition) is 4. The van der Waals surface area contributed by atoms with Gasteiger partial charge in [0, 0.05) is 48.2 Å². The number of nitrogens with zero attached hydrogens (tertiary/aromatic N) is 2. The molecule has 2 atom stereocenters. The molecule has 4 N–H and O–H groups in total. The summed E-state index contributed by atoms with van der Waals surface area (Å²) in [5.41, 5.74) is 4.52. The monoisotopic (exact) mass is 554 g/mol. The minimum absolute atomic E-state index is 0.0594. The van der Waals surface area contributed by atoms with Crippen molar-refractivity contribution in [3.05, 3.63) is 83.7 Å². The number of piperidine rings is 1. The average Bonchev–Trinajstić information content (AvgIpc) is 3.40. The van der Waals surface area contributed by atoms with E-state index in [9.17, 15) is 9.59 Å². The maximum atomic E-state index is 13.6. The first-order valence-corrected chi connectivity index (χ1v) is 14.8. The zero-order chi connectivity index (χ0) is 28.9. The standard InChI is InChI=1S/C33H42N6O2/c1-21(2)30(22(3)4)36-33(41)29-13-11-26(20-39(29)19-23-8-6-5-7-9-23)35-32(40)25-10-12-28-27(18-25)31(38-37-28)24-14-16-34-17-15-24/h5-10,12,14-16,18,21-22,26,29-30,34H,11,13,17,19-20H2,1-4H3,(H,35,40)(H,36,41)(H,37,38)/t26-,29+/m1/s1. The van der Waals surface area contributed by atoms with Gasteiger partial charge in [-0.1, -0.05) is 64.1 Å². The zero-order valence-corrected chi connectivity index (χ0v) is 24.5. The average molecular weight is 555 g/mol. The van der Waals surface area contributed by atoms with E-state index in [1.165, 1.54) is 0 Å². The second-order valence-corrected chi connectivity index (χ2v) is 11.9. The summed E-state index contributed by atoms with van der Waals surface area (Å²) < 4.78 is 0. The van der Waals surface area contributed by atoms with Crippen LogP contribution in [0.2, 0.25) is 0 Å². The van der Waals surface area contributed by atoms with Crippen LogP contribution in [0.5, 0.6) is 0 Å². The SMILES string of the molecule is CC(C)C(NC(=O)[C@@H]1CC[C@@H](NC(=O)c2ccc3[nH]nc(C4=CCNC=C4)c3c2)CN1Cc1ccccc1)C(C)C. The van der Waals surface area contributed by atoms with E-state index in [0.717, 1.165) is 40.7 Å². The number of aromatic amines is 1. The van der Waals surface area contributed by atoms with Gasteiger partial charge in [-0.05, 0) is 60.7 Å². The summed E-state index contributed by atoms with van der Waals surface area (Å²) in [6.07, 6.45) is 7.42. The van der Waals surface area contributed by atoms with Crippen molar-refractivity contribution >= 4 is 28.3 Å². The van der Waals surface area contributed by atoms with Crippen molar-refractivity contribution in [2.24, 2.45) is 11.8 Å². The van der Waals surface area contributed by atoms with Crippen LogP contribution in [0, 0.1) is 11.8 Å². The molecule has 3 aromatic rings. The number of aromatic nitrogens is 2. The summed E-state index contributed by atoms with van der Waals surface area (Å²) in [7, 11) is 0. The fourth-order valence-electron chi connectivity index (χ4n) is 6.09. The smallest absolute Gasteiger partial charge is 0.251 e. The predicted octanol–water partition coefficient (Wildman–Crippen LogP) is 4.62. The van der Waals surface area contributed by atoms with E-state index in [1.807, 2.05) is 48.7 Å². The minimum Gasteiger partial charge on any atom is -0.387 e. The molecule has 8 heteroatoms. The molecule has 0 unspecified atom stereocenters. The van der Waals surface area contributed by atoms with Crippen LogP contribution in [0.4, 0.5) is 0 Å². The lowest BCUT2D eigenvalue weighted by Crippen LogP contribution is -2.58. The molecule has 8 nitrogen and oxygen atoms in total. The molecule has 2 amide bonds. The quantitative estimate of drug-likeness (QED) is 0.309. The lowest BCUT2D eigenvalue weighted by molar-refractivity contribution is -0.129. The highest BCUT2D eigenvalue weighted by Crippen LogP contribution is 2.26. The third-order valence-electron chi connectivity index (χ3n) is 8.22. The summed E-state index contributed by atoms with van der Waals surface area (Å²) in [5.74, 6) is 0.679. The highest BCUT2D eigenvalue weighted by Gasteiger charge is 2.35. The van der Waals surface area contributed by atoms with Crippen LogP contribution in [0.15, 0.2) is 66.9 Å². The van der Waals surface area contributed by atoms with Crippen molar-refractivity contribution in [2.75, 3.05) is 13.1 Å². The van der Waals surface area contributed by atoms with Gasteiger partial charge in [0.1, 0.15) is 0 Å². The molecule has 0 aliphatic carbocycles. The number of hydrogen-bond acceptors (Lipinski definition) is 5. The molecule has 0 radical (unpaired) electrons. The molecular weight excluding hydrogens is 512 g/mol. The number of carbonyl (C=O) groups excluding carboxylic acids is 2. The molecule has 2 aliphatic heterocycles. The van der Waals surface area contributed by atoms with Gasteiger partial charge >= 0.3 is 0 Å². The van der Waals surface area contributed by atoms with Gasteiger partial charge in [-0.15, -0.1) is 0 Å². The molecule has 3 heterocycles. The maximum Gasteiger partial charge on any atom is 0.251 e. The number of nitrogens with one attached hydrogen (secondary N) is 4. The Labute approximate surface area is 242 Å². The Balaban J connectivity index is 1.31. The van der Waals surface area contributed by atoms with Gasteiger partial charge in [-0.25, -0.2) is 0 Å². The number of fused-ring (bicyclic) bond motifs is 1. The molecule has 2 aliphatic rings. The molecular formula is C33H42N6O2. The molecule has 1 aromatic heterocycles. The number of allylic oxidation sites excluding steroid dienone is 2. The lowest BCUT2D eigenvalue weighted by Gasteiger charge is -2.40. The predicted molar refractivity (Wildman–Crippen MR) is 164 cm³/mol. The molecule has 0 spiro atoms. The molecule has 41 heavy (non-hydrogen) atoms. The Morgan fingerprint density at radius 3 is 2.54 bits per heavy atom. The summed E-state index contributed by atoms with van der Waals surface area (Å²) in [6.45, 7) is 10.6. The fourth-order valence-corrected chi connectivity index (χ4v) is 6.09. The molecule has 1 saturated heterocycles. The number of rotatable bonds is 9. The fraction of sp³-hybridized carbons (Fsp3) is 0.424. The van der Waals surface area contributed by atoms with Gasteiger partial charge in [0.25, 0.3) is 5.91 Å². The van der Waals surface area contributed by atoms with Gasteiger partial charge in [0.2, 0.25) is 5.91 Å². The molecule has 5 rings (SSSR count). The third kappa shape index (κ3) is 6.70. The van der Waals surface area contributed by atoms with Crippen LogP contribution >= 0.6 is 0 Å². The minimum atomic E-state index is -0.237. The Morgan fingerprint density at radius 2 is 1.83 bits per heavy atom. The summed E-state index contributed by atoms with van der Waals surface area (Å²) in [5, 5.41) is 18.3. The van der Waals surface area contributed by atoms with Gasteiger partial charge < -0.3 is 16.0 Å². The van der Waals surface area contributed by atoms with Crippen molar-refractivity contribution in [1.29, 1.82) is 0 Å². The van der Waals surface area contributed by atoms with E-state index in [1.54, 1.807) is 0 Å². The van der Waals surface area contributed by atoms with Crippen LogP contribution in [0.3, 0.4) is 0 Å². The summed E-state index contributed by atoms with van der Waals surface area (Å²) in [4.78, 5) is 29.3. The zero-order valence-electron chi connectivity index (χ0n) is 24.5. The Kier molecular flexibility index (Phi) is 8.88. The number of benzene rings is 2. The number of likely N-dealkylation sites (tertiary alicyclic amines) is 1. The van der Waals surface area contributed by atoms with Gasteiger partial charge in [0.15, 0.2) is 0 Å². The normalized spacial score (nSPS) is 19.4. The summed E-state index contributed by atoms with van der Waals surface area (Å²) >= 11 is 0. The van der Waals surface area contributed by atoms with E-state index in [4.69, 9.17) is 0 Å². The first kappa shape index (κ1) is 28.6. The van der Waals surface area contributed by atoms with Crippen molar-refractivity contribution < 1.29 is 9.59 Å². The first-order chi connectivity index (χ1) is 19.8. The van der Waals surface area contributed by atoms with Crippen molar-refractivity contribution in [3.63, 3.8) is 0 Å². The molecule has 216 valence electrons. The molecule has 1 fully saturated rings. The van der Waals surface area contributed by atoms with Crippen LogP contribution in [-0.4, -0.2) is 58.1 Å². The highest BCUT2D eigenvalue weighted by molar-refractivity contribution is 6.01. The van der Waals surface area contributed by atoms with Gasteiger partial charge in [-0.3, -0.25) is 19.6 Å². The van der Waals surface area contributed by atoms with Crippen LogP contribution in [-0.2, 0) is 11.3 Å². The molecule has 0 bridgehead atoms. The Morgan fingerprint density at radius 1 is 1.05 bits per heavy atom. The molecule has 2 aromatic carbocycles. The second-order valence-electron chi connectivity index (χ2n) is 11.9. The number of carbonyl (C=O) groups is 2. The third-order valence-corrected chi connectivity index (χ3v) is 8.22.